The third-order valence-electron chi connectivity index (χ3n) is 4.99. The number of thiophene rings is 1. The Morgan fingerprint density at radius 2 is 2.04 bits per heavy atom. The Kier molecular flexibility index (Phi) is 6.49. The van der Waals surface area contributed by atoms with Crippen molar-refractivity contribution in [2.75, 3.05) is 39.3 Å². The van der Waals surface area contributed by atoms with E-state index in [1.54, 1.807) is 17.5 Å². The molecule has 8 heteroatoms. The van der Waals surface area contributed by atoms with Crippen molar-refractivity contribution in [1.82, 2.24) is 14.5 Å². The summed E-state index contributed by atoms with van der Waals surface area (Å²) in [5.41, 5.74) is 0. The standard InChI is InChI=1S/C17H27N3O3S2/c21-17(18-8-5-11-19-9-1-2-10-19)15-6-3-12-20(14-15)25(22,23)16-7-4-13-24-16/h4,7,13,15H,1-3,5-6,8-12,14H2,(H,18,21). The summed E-state index contributed by atoms with van der Waals surface area (Å²) in [7, 11) is -3.46. The largest absolute Gasteiger partial charge is 0.356 e. The van der Waals surface area contributed by atoms with E-state index in [-0.39, 0.29) is 18.4 Å². The minimum Gasteiger partial charge on any atom is -0.356 e. The molecule has 25 heavy (non-hydrogen) atoms. The number of nitrogens with zero attached hydrogens (tertiary/aromatic N) is 2. The van der Waals surface area contributed by atoms with Crippen LogP contribution in [0.25, 0.3) is 0 Å². The highest BCUT2D eigenvalue weighted by Crippen LogP contribution is 2.26. The summed E-state index contributed by atoms with van der Waals surface area (Å²) >= 11 is 1.23. The van der Waals surface area contributed by atoms with Crippen LogP contribution in [0.5, 0.6) is 0 Å². The summed E-state index contributed by atoms with van der Waals surface area (Å²) in [4.78, 5) is 14.8. The van der Waals surface area contributed by atoms with Gasteiger partial charge >= 0.3 is 0 Å². The number of likely N-dealkylation sites (tertiary alicyclic amines) is 1. The summed E-state index contributed by atoms with van der Waals surface area (Å²) in [5.74, 6) is -0.247. The first-order chi connectivity index (χ1) is 12.1. The predicted octanol–water partition coefficient (Wildman–Crippen LogP) is 1.75. The van der Waals surface area contributed by atoms with Crippen molar-refractivity contribution in [3.63, 3.8) is 0 Å². The van der Waals surface area contributed by atoms with Gasteiger partial charge in [0.25, 0.3) is 10.0 Å². The molecule has 0 saturated carbocycles. The molecule has 1 atom stereocenters. The molecule has 0 radical (unpaired) electrons. The summed E-state index contributed by atoms with van der Waals surface area (Å²) in [6, 6.07) is 3.37. The summed E-state index contributed by atoms with van der Waals surface area (Å²) in [6.07, 6.45) is 5.01. The van der Waals surface area contributed by atoms with E-state index in [2.05, 4.69) is 10.2 Å². The van der Waals surface area contributed by atoms with Crippen molar-refractivity contribution in [2.24, 2.45) is 5.92 Å². The lowest BCUT2D eigenvalue weighted by atomic mass is 9.99. The number of rotatable bonds is 7. The maximum Gasteiger partial charge on any atom is 0.252 e. The molecule has 0 aromatic carbocycles. The minimum absolute atomic E-state index is 0.00694. The van der Waals surface area contributed by atoms with Crippen LogP contribution >= 0.6 is 11.3 Å². The fraction of sp³-hybridized carbons (Fsp3) is 0.706. The Morgan fingerprint density at radius 1 is 1.24 bits per heavy atom. The van der Waals surface area contributed by atoms with Gasteiger partial charge in [-0.05, 0) is 63.2 Å². The molecule has 6 nitrogen and oxygen atoms in total. The highest BCUT2D eigenvalue weighted by Gasteiger charge is 2.33. The van der Waals surface area contributed by atoms with E-state index in [4.69, 9.17) is 0 Å². The van der Waals surface area contributed by atoms with E-state index < -0.39 is 10.0 Å². The highest BCUT2D eigenvalue weighted by atomic mass is 32.2. The van der Waals surface area contributed by atoms with E-state index in [1.807, 2.05) is 0 Å². The predicted molar refractivity (Wildman–Crippen MR) is 99.1 cm³/mol. The number of hydrogen-bond acceptors (Lipinski definition) is 5. The van der Waals surface area contributed by atoms with Gasteiger partial charge in [0.15, 0.2) is 0 Å². The van der Waals surface area contributed by atoms with Crippen molar-refractivity contribution in [3.05, 3.63) is 17.5 Å². The van der Waals surface area contributed by atoms with Crippen LogP contribution in [0.4, 0.5) is 0 Å². The number of sulfonamides is 1. The van der Waals surface area contributed by atoms with Gasteiger partial charge in [0.1, 0.15) is 4.21 Å². The van der Waals surface area contributed by atoms with Crippen LogP contribution < -0.4 is 5.32 Å². The average Bonchev–Trinajstić information content (AvgIpc) is 3.32. The lowest BCUT2D eigenvalue weighted by molar-refractivity contribution is -0.126. The number of carbonyl (C=O) groups is 1. The number of piperidine rings is 1. The van der Waals surface area contributed by atoms with E-state index in [0.29, 0.717) is 17.3 Å². The van der Waals surface area contributed by atoms with Crippen molar-refractivity contribution >= 4 is 27.3 Å². The molecule has 1 amide bonds. The molecule has 0 spiro atoms. The van der Waals surface area contributed by atoms with E-state index in [0.717, 1.165) is 25.8 Å². The minimum atomic E-state index is -3.46. The first kappa shape index (κ1) is 18.8. The van der Waals surface area contributed by atoms with Crippen LogP contribution in [-0.4, -0.2) is 62.8 Å². The second-order valence-corrected chi connectivity index (χ2v) is 9.94. The number of carbonyl (C=O) groups excluding carboxylic acids is 1. The van der Waals surface area contributed by atoms with Gasteiger partial charge in [-0.1, -0.05) is 6.07 Å². The Labute approximate surface area is 154 Å². The van der Waals surface area contributed by atoms with Gasteiger partial charge in [0.05, 0.1) is 5.92 Å². The third-order valence-corrected chi connectivity index (χ3v) is 8.23. The smallest absolute Gasteiger partial charge is 0.252 e. The molecule has 0 bridgehead atoms. The normalized spacial score (nSPS) is 23.0. The Bertz CT molecular complexity index is 655. The molecule has 1 unspecified atom stereocenters. The van der Waals surface area contributed by atoms with Gasteiger partial charge in [0, 0.05) is 19.6 Å². The van der Waals surface area contributed by atoms with Gasteiger partial charge in [-0.2, -0.15) is 4.31 Å². The summed E-state index contributed by atoms with van der Waals surface area (Å²) in [6.45, 7) is 4.84. The average molecular weight is 386 g/mol. The molecular formula is C17H27N3O3S2. The summed E-state index contributed by atoms with van der Waals surface area (Å²) in [5, 5.41) is 4.76. The topological polar surface area (TPSA) is 69.7 Å². The molecule has 1 N–H and O–H groups in total. The molecule has 3 heterocycles. The molecule has 1 aromatic heterocycles. The Morgan fingerprint density at radius 3 is 2.76 bits per heavy atom. The highest BCUT2D eigenvalue weighted by molar-refractivity contribution is 7.91. The number of amides is 1. The van der Waals surface area contributed by atoms with Gasteiger partial charge in [-0.25, -0.2) is 8.42 Å². The fourth-order valence-corrected chi connectivity index (χ4v) is 6.25. The van der Waals surface area contributed by atoms with Crippen LogP contribution in [0.2, 0.25) is 0 Å². The monoisotopic (exact) mass is 385 g/mol. The zero-order valence-corrected chi connectivity index (χ0v) is 16.2. The molecule has 2 saturated heterocycles. The molecule has 3 rings (SSSR count). The molecule has 2 aliphatic heterocycles. The summed E-state index contributed by atoms with van der Waals surface area (Å²) < 4.78 is 27.1. The maximum absolute atomic E-state index is 12.6. The third kappa shape index (κ3) is 4.81. The van der Waals surface area contributed by atoms with Crippen molar-refractivity contribution in [1.29, 1.82) is 0 Å². The first-order valence-corrected chi connectivity index (χ1v) is 11.4. The van der Waals surface area contributed by atoms with Gasteiger partial charge in [-0.3, -0.25) is 4.79 Å². The maximum atomic E-state index is 12.6. The molecule has 2 fully saturated rings. The van der Waals surface area contributed by atoms with Crippen molar-refractivity contribution in [3.8, 4) is 0 Å². The van der Waals surface area contributed by atoms with Crippen LogP contribution in [-0.2, 0) is 14.8 Å². The second-order valence-electron chi connectivity index (χ2n) is 6.83. The molecule has 0 aliphatic carbocycles. The van der Waals surface area contributed by atoms with Crippen molar-refractivity contribution < 1.29 is 13.2 Å². The van der Waals surface area contributed by atoms with E-state index in [1.165, 1.54) is 41.6 Å². The number of nitrogens with one attached hydrogen (secondary N) is 1. The zero-order valence-electron chi connectivity index (χ0n) is 14.5. The van der Waals surface area contributed by atoms with E-state index >= 15 is 0 Å². The molecule has 1 aromatic rings. The van der Waals surface area contributed by atoms with Crippen LogP contribution in [0.15, 0.2) is 21.7 Å². The van der Waals surface area contributed by atoms with E-state index in [9.17, 15) is 13.2 Å². The van der Waals surface area contributed by atoms with Gasteiger partial charge in [0.2, 0.25) is 5.91 Å². The fourth-order valence-electron chi connectivity index (χ4n) is 3.58. The van der Waals surface area contributed by atoms with Gasteiger partial charge < -0.3 is 10.2 Å². The quantitative estimate of drug-likeness (QED) is 0.726. The van der Waals surface area contributed by atoms with Gasteiger partial charge in [-0.15, -0.1) is 11.3 Å². The first-order valence-electron chi connectivity index (χ1n) is 9.11. The lowest BCUT2D eigenvalue weighted by Gasteiger charge is -2.30. The Hall–Kier alpha value is -0.960. The molecule has 140 valence electrons. The molecule has 2 aliphatic rings. The number of hydrogen-bond donors (Lipinski definition) is 1. The zero-order chi connectivity index (χ0) is 17.7. The van der Waals surface area contributed by atoms with Crippen LogP contribution in [0, 0.1) is 5.92 Å². The molecular weight excluding hydrogens is 358 g/mol. The Balaban J connectivity index is 1.46. The SMILES string of the molecule is O=C(NCCCN1CCCC1)C1CCCN(S(=O)(=O)c2cccs2)C1. The van der Waals surface area contributed by atoms with Crippen molar-refractivity contribution in [2.45, 2.75) is 36.3 Å². The van der Waals surface area contributed by atoms with Crippen LogP contribution in [0.1, 0.15) is 32.1 Å². The lowest BCUT2D eigenvalue weighted by Crippen LogP contribution is -2.45. The second kappa shape index (κ2) is 8.62. The van der Waals surface area contributed by atoms with Crippen LogP contribution in [0.3, 0.4) is 0 Å².